The average Bonchev–Trinajstić information content (AvgIpc) is 3.11. The van der Waals surface area contributed by atoms with Gasteiger partial charge in [0.25, 0.3) is 5.91 Å². The quantitative estimate of drug-likeness (QED) is 0.608. The maximum absolute atomic E-state index is 12.9. The molecule has 3 aromatic rings. The van der Waals surface area contributed by atoms with Crippen molar-refractivity contribution < 1.29 is 27.1 Å². The van der Waals surface area contributed by atoms with Crippen molar-refractivity contribution in [2.24, 2.45) is 0 Å². The molecule has 1 N–H and O–H groups in total. The molecule has 27 heavy (non-hydrogen) atoms. The molecule has 0 aliphatic carbocycles. The molecule has 0 aliphatic heterocycles. The van der Waals surface area contributed by atoms with Gasteiger partial charge in [-0.3, -0.25) is 4.79 Å². The fourth-order valence-electron chi connectivity index (χ4n) is 2.12. The predicted octanol–water partition coefficient (Wildman–Crippen LogP) is 5.13. The number of hydrogen-bond donors (Lipinski definition) is 1. The van der Waals surface area contributed by atoms with Crippen LogP contribution in [0, 0.1) is 5.82 Å². The van der Waals surface area contributed by atoms with Crippen molar-refractivity contribution in [3.63, 3.8) is 0 Å². The highest BCUT2D eigenvalue weighted by Crippen LogP contribution is 2.31. The van der Waals surface area contributed by atoms with E-state index >= 15 is 0 Å². The molecule has 0 aliphatic rings. The number of halogens is 4. The lowest BCUT2D eigenvalue weighted by Gasteiger charge is -2.09. The first kappa shape index (κ1) is 18.8. The van der Waals surface area contributed by atoms with Crippen LogP contribution in [0.1, 0.15) is 21.1 Å². The number of benzene rings is 2. The minimum absolute atomic E-state index is 0.0531. The molecule has 0 saturated carbocycles. The van der Waals surface area contributed by atoms with Crippen LogP contribution in [0.5, 0.6) is 5.75 Å². The zero-order valence-electron chi connectivity index (χ0n) is 13.6. The molecular formula is C18H12F4N2O2S. The number of carbonyl (C=O) groups is 1. The van der Waals surface area contributed by atoms with E-state index in [0.29, 0.717) is 10.7 Å². The number of thiazole rings is 1. The molecule has 1 aromatic heterocycles. The third-order valence-electron chi connectivity index (χ3n) is 3.41. The number of hydrogen-bond acceptors (Lipinski definition) is 4. The molecule has 0 radical (unpaired) electrons. The number of alkyl halides is 3. The van der Waals surface area contributed by atoms with Crippen LogP contribution < -0.4 is 10.1 Å². The largest absolute Gasteiger partial charge is 0.486 e. The van der Waals surface area contributed by atoms with E-state index in [1.54, 1.807) is 0 Å². The Hall–Kier alpha value is -2.94. The number of carbonyl (C=O) groups excluding carboxylic acids is 1. The number of aromatic nitrogens is 1. The minimum atomic E-state index is -4.45. The van der Waals surface area contributed by atoms with Gasteiger partial charge in [-0.2, -0.15) is 13.2 Å². The standard InChI is InChI=1S/C18H12F4N2O2S/c19-12-4-6-13(7-5-12)23-17(25)15-10-27-16(24-15)9-26-14-3-1-2-11(8-14)18(20,21)22/h1-8,10H,9H2,(H,23,25). The van der Waals surface area contributed by atoms with Crippen molar-refractivity contribution in [2.75, 3.05) is 5.32 Å². The van der Waals surface area contributed by atoms with Crippen LogP contribution >= 0.6 is 11.3 Å². The highest BCUT2D eigenvalue weighted by Gasteiger charge is 2.30. The fraction of sp³-hybridized carbons (Fsp3) is 0.111. The number of amides is 1. The summed E-state index contributed by atoms with van der Waals surface area (Å²) in [6, 6.07) is 9.76. The number of nitrogens with one attached hydrogen (secondary N) is 1. The molecule has 2 aromatic carbocycles. The Morgan fingerprint density at radius 1 is 1.15 bits per heavy atom. The Morgan fingerprint density at radius 2 is 1.89 bits per heavy atom. The zero-order valence-corrected chi connectivity index (χ0v) is 14.4. The summed E-state index contributed by atoms with van der Waals surface area (Å²) in [7, 11) is 0. The highest BCUT2D eigenvalue weighted by molar-refractivity contribution is 7.09. The Balaban J connectivity index is 1.61. The molecule has 3 rings (SSSR count). The van der Waals surface area contributed by atoms with E-state index in [1.807, 2.05) is 0 Å². The van der Waals surface area contributed by atoms with Crippen molar-refractivity contribution in [2.45, 2.75) is 12.8 Å². The van der Waals surface area contributed by atoms with Gasteiger partial charge in [0.05, 0.1) is 5.56 Å². The third kappa shape index (κ3) is 5.04. The highest BCUT2D eigenvalue weighted by atomic mass is 32.1. The molecule has 0 bridgehead atoms. The first-order valence-electron chi connectivity index (χ1n) is 7.62. The molecule has 0 spiro atoms. The summed E-state index contributed by atoms with van der Waals surface area (Å²) in [5.41, 5.74) is -0.262. The first-order valence-corrected chi connectivity index (χ1v) is 8.50. The van der Waals surface area contributed by atoms with E-state index in [9.17, 15) is 22.4 Å². The van der Waals surface area contributed by atoms with Crippen LogP contribution in [0.25, 0.3) is 0 Å². The van der Waals surface area contributed by atoms with E-state index in [-0.39, 0.29) is 18.1 Å². The first-order chi connectivity index (χ1) is 12.8. The van der Waals surface area contributed by atoms with Crippen molar-refractivity contribution >= 4 is 22.9 Å². The molecule has 1 heterocycles. The summed E-state index contributed by atoms with van der Waals surface area (Å²) in [5.74, 6) is -0.851. The average molecular weight is 396 g/mol. The Bertz CT molecular complexity index is 939. The Labute approximate surface area is 155 Å². The van der Waals surface area contributed by atoms with Gasteiger partial charge in [-0.05, 0) is 42.5 Å². The van der Waals surface area contributed by atoms with E-state index in [1.165, 1.54) is 41.8 Å². The van der Waals surface area contributed by atoms with Crippen molar-refractivity contribution in [1.29, 1.82) is 0 Å². The van der Waals surface area contributed by atoms with Crippen LogP contribution in [-0.2, 0) is 12.8 Å². The second-order valence-corrected chi connectivity index (χ2v) is 6.34. The molecule has 0 fully saturated rings. The maximum Gasteiger partial charge on any atom is 0.416 e. The smallest absolute Gasteiger partial charge is 0.416 e. The van der Waals surface area contributed by atoms with Crippen molar-refractivity contribution in [3.8, 4) is 5.75 Å². The summed E-state index contributed by atoms with van der Waals surface area (Å²) in [6.07, 6.45) is -4.45. The predicted molar refractivity (Wildman–Crippen MR) is 92.2 cm³/mol. The van der Waals surface area contributed by atoms with Gasteiger partial charge >= 0.3 is 6.18 Å². The molecule has 0 atom stereocenters. The van der Waals surface area contributed by atoms with Gasteiger partial charge in [0.15, 0.2) is 0 Å². The number of ether oxygens (including phenoxy) is 1. The monoisotopic (exact) mass is 396 g/mol. The molecule has 9 heteroatoms. The van der Waals surface area contributed by atoms with E-state index in [2.05, 4.69) is 10.3 Å². The second kappa shape index (κ2) is 7.75. The lowest BCUT2D eigenvalue weighted by molar-refractivity contribution is -0.137. The van der Waals surface area contributed by atoms with Crippen LogP contribution in [0.3, 0.4) is 0 Å². The summed E-state index contributed by atoms with van der Waals surface area (Å²) < 4.78 is 56.3. The molecule has 0 saturated heterocycles. The minimum Gasteiger partial charge on any atom is -0.486 e. The van der Waals surface area contributed by atoms with Gasteiger partial charge in [-0.15, -0.1) is 11.3 Å². The normalized spacial score (nSPS) is 11.3. The lowest BCUT2D eigenvalue weighted by atomic mass is 10.2. The molecule has 140 valence electrons. The Morgan fingerprint density at radius 3 is 2.59 bits per heavy atom. The number of rotatable bonds is 5. The van der Waals surface area contributed by atoms with Gasteiger partial charge < -0.3 is 10.1 Å². The van der Waals surface area contributed by atoms with Crippen LogP contribution in [-0.4, -0.2) is 10.9 Å². The number of anilines is 1. The van der Waals surface area contributed by atoms with E-state index in [4.69, 9.17) is 4.74 Å². The van der Waals surface area contributed by atoms with Gasteiger partial charge in [0, 0.05) is 11.1 Å². The summed E-state index contributed by atoms with van der Waals surface area (Å²) in [5, 5.41) is 4.50. The molecule has 4 nitrogen and oxygen atoms in total. The molecular weight excluding hydrogens is 384 g/mol. The second-order valence-electron chi connectivity index (χ2n) is 5.40. The van der Waals surface area contributed by atoms with Crippen molar-refractivity contribution in [3.05, 3.63) is 76.0 Å². The van der Waals surface area contributed by atoms with Gasteiger partial charge in [0.1, 0.15) is 28.9 Å². The topological polar surface area (TPSA) is 51.2 Å². The summed E-state index contributed by atoms with van der Waals surface area (Å²) >= 11 is 1.14. The summed E-state index contributed by atoms with van der Waals surface area (Å²) in [4.78, 5) is 16.2. The Kier molecular flexibility index (Phi) is 5.41. The zero-order chi connectivity index (χ0) is 19.4. The van der Waals surface area contributed by atoms with Gasteiger partial charge in [-0.25, -0.2) is 9.37 Å². The molecule has 0 unspecified atom stereocenters. The van der Waals surface area contributed by atoms with Crippen molar-refractivity contribution in [1.82, 2.24) is 4.98 Å². The lowest BCUT2D eigenvalue weighted by Crippen LogP contribution is -2.12. The number of nitrogens with zero attached hydrogens (tertiary/aromatic N) is 1. The fourth-order valence-corrected chi connectivity index (χ4v) is 2.80. The van der Waals surface area contributed by atoms with Crippen LogP contribution in [0.15, 0.2) is 53.9 Å². The maximum atomic E-state index is 12.9. The van der Waals surface area contributed by atoms with Gasteiger partial charge in [-0.1, -0.05) is 6.07 Å². The van der Waals surface area contributed by atoms with Gasteiger partial charge in [0.2, 0.25) is 0 Å². The van der Waals surface area contributed by atoms with E-state index < -0.39 is 23.5 Å². The third-order valence-corrected chi connectivity index (χ3v) is 4.23. The molecule has 1 amide bonds. The summed E-state index contributed by atoms with van der Waals surface area (Å²) in [6.45, 7) is -0.0736. The van der Waals surface area contributed by atoms with E-state index in [0.717, 1.165) is 23.5 Å². The van der Waals surface area contributed by atoms with Crippen LogP contribution in [0.2, 0.25) is 0 Å². The SMILES string of the molecule is O=C(Nc1ccc(F)cc1)c1csc(COc2cccc(C(F)(F)F)c2)n1. The van der Waals surface area contributed by atoms with Crippen LogP contribution in [0.4, 0.5) is 23.2 Å².